The lowest BCUT2D eigenvalue weighted by Gasteiger charge is -2.05. The molecule has 3 aromatic rings. The molecule has 2 aromatic carbocycles. The Labute approximate surface area is 114 Å². The minimum absolute atomic E-state index is 0.403. The van der Waals surface area contributed by atoms with E-state index in [1.807, 2.05) is 6.07 Å². The van der Waals surface area contributed by atoms with E-state index in [2.05, 4.69) is 0 Å². The highest BCUT2D eigenvalue weighted by Crippen LogP contribution is 2.20. The van der Waals surface area contributed by atoms with Crippen LogP contribution in [0, 0.1) is 0 Å². The molecule has 0 bridgehead atoms. The second-order valence-electron chi connectivity index (χ2n) is 4.21. The molecule has 4 heteroatoms. The summed E-state index contributed by atoms with van der Waals surface area (Å²) < 4.78 is 10.3. The number of carbonyl (C=O) groups is 1. The molecule has 20 heavy (non-hydrogen) atoms. The molecule has 0 fully saturated rings. The van der Waals surface area contributed by atoms with Gasteiger partial charge < -0.3 is 9.15 Å². The molecule has 0 saturated carbocycles. The fourth-order valence-corrected chi connectivity index (χ4v) is 1.85. The van der Waals surface area contributed by atoms with E-state index in [-0.39, 0.29) is 0 Å². The highest BCUT2D eigenvalue weighted by atomic mass is 16.5. The predicted octanol–water partition coefficient (Wildman–Crippen LogP) is 3.01. The Kier molecular flexibility index (Phi) is 3.05. The molecule has 0 aliphatic rings. The Bertz CT molecular complexity index is 819. The summed E-state index contributed by atoms with van der Waals surface area (Å²) in [6.45, 7) is 0. The quantitative estimate of drug-likeness (QED) is 0.406. The first-order valence-corrected chi connectivity index (χ1v) is 6.03. The van der Waals surface area contributed by atoms with Crippen molar-refractivity contribution in [1.29, 1.82) is 0 Å². The predicted molar refractivity (Wildman–Crippen MR) is 73.9 cm³/mol. The van der Waals surface area contributed by atoms with Crippen LogP contribution >= 0.6 is 0 Å². The fraction of sp³-hybridized carbons (Fsp3) is 0. The number of esters is 1. The Balaban J connectivity index is 1.90. The third-order valence-corrected chi connectivity index (χ3v) is 2.81. The van der Waals surface area contributed by atoms with Crippen LogP contribution in [0.3, 0.4) is 0 Å². The fourth-order valence-electron chi connectivity index (χ4n) is 1.85. The molecule has 1 aromatic heterocycles. The highest BCUT2D eigenvalue weighted by molar-refractivity contribution is 5.91. The Morgan fingerprint density at radius 1 is 0.950 bits per heavy atom. The Morgan fingerprint density at radius 3 is 2.55 bits per heavy atom. The maximum absolute atomic E-state index is 11.9. The van der Waals surface area contributed by atoms with Gasteiger partial charge in [-0.25, -0.2) is 9.59 Å². The molecule has 0 spiro atoms. The lowest BCUT2D eigenvalue weighted by molar-refractivity contribution is 0.0735. The van der Waals surface area contributed by atoms with Crippen molar-refractivity contribution < 1.29 is 13.9 Å². The summed E-state index contributed by atoms with van der Waals surface area (Å²) in [5.41, 5.74) is 0.524. The summed E-state index contributed by atoms with van der Waals surface area (Å²) in [6, 6.07) is 16.5. The lowest BCUT2D eigenvalue weighted by atomic mass is 10.2. The summed E-state index contributed by atoms with van der Waals surface area (Å²) in [5.74, 6) is -0.0254. The zero-order valence-electron chi connectivity index (χ0n) is 10.4. The second-order valence-corrected chi connectivity index (χ2v) is 4.21. The molecular weight excluding hydrogens is 256 g/mol. The maximum Gasteiger partial charge on any atom is 0.343 e. The van der Waals surface area contributed by atoms with Gasteiger partial charge in [-0.15, -0.1) is 0 Å². The van der Waals surface area contributed by atoms with E-state index in [0.717, 1.165) is 0 Å². The van der Waals surface area contributed by atoms with Crippen LogP contribution in [0.4, 0.5) is 0 Å². The van der Waals surface area contributed by atoms with Gasteiger partial charge in [0.25, 0.3) is 0 Å². The van der Waals surface area contributed by atoms with Gasteiger partial charge in [-0.05, 0) is 36.4 Å². The molecule has 3 rings (SSSR count). The molecule has 0 N–H and O–H groups in total. The van der Waals surface area contributed by atoms with Crippen molar-refractivity contribution in [1.82, 2.24) is 0 Å². The van der Waals surface area contributed by atoms with Gasteiger partial charge in [-0.2, -0.15) is 0 Å². The van der Waals surface area contributed by atoms with Gasteiger partial charge in [0.2, 0.25) is 0 Å². The number of rotatable bonds is 2. The Hall–Kier alpha value is -2.88. The van der Waals surface area contributed by atoms with Gasteiger partial charge in [0.05, 0.1) is 5.56 Å². The average molecular weight is 266 g/mol. The zero-order valence-corrected chi connectivity index (χ0v) is 10.4. The van der Waals surface area contributed by atoms with Crippen LogP contribution in [0.2, 0.25) is 0 Å². The van der Waals surface area contributed by atoms with Crippen LogP contribution in [0.25, 0.3) is 11.0 Å². The van der Waals surface area contributed by atoms with Crippen molar-refractivity contribution in [2.45, 2.75) is 0 Å². The molecule has 1 heterocycles. The summed E-state index contributed by atoms with van der Waals surface area (Å²) in [7, 11) is 0. The molecule has 0 radical (unpaired) electrons. The zero-order chi connectivity index (χ0) is 13.9. The minimum atomic E-state index is -0.428. The van der Waals surface area contributed by atoms with E-state index >= 15 is 0 Å². The van der Waals surface area contributed by atoms with Crippen LogP contribution in [0.15, 0.2) is 69.9 Å². The molecule has 0 aliphatic carbocycles. The Morgan fingerprint density at radius 2 is 1.75 bits per heavy atom. The SMILES string of the molecule is O=C(Oc1ccc2oc(=O)ccc2c1)c1ccccc1. The van der Waals surface area contributed by atoms with Crippen LogP contribution in [-0.4, -0.2) is 5.97 Å². The molecule has 0 atom stereocenters. The molecular formula is C16H10O4. The standard InChI is InChI=1S/C16H10O4/c17-15-9-6-12-10-13(7-8-14(12)20-15)19-16(18)11-4-2-1-3-5-11/h1-10H. The summed E-state index contributed by atoms with van der Waals surface area (Å²) in [5, 5.41) is 0.697. The van der Waals surface area contributed by atoms with Gasteiger partial charge in [-0.3, -0.25) is 0 Å². The summed E-state index contributed by atoms with van der Waals surface area (Å²) in [6.07, 6.45) is 0. The normalized spacial score (nSPS) is 10.4. The van der Waals surface area contributed by atoms with Gasteiger partial charge in [0.1, 0.15) is 11.3 Å². The number of hydrogen-bond donors (Lipinski definition) is 0. The molecule has 98 valence electrons. The van der Waals surface area contributed by atoms with Crippen molar-refractivity contribution in [3.8, 4) is 5.75 Å². The van der Waals surface area contributed by atoms with Crippen LogP contribution in [0.5, 0.6) is 5.75 Å². The van der Waals surface area contributed by atoms with Crippen molar-refractivity contribution in [2.75, 3.05) is 0 Å². The van der Waals surface area contributed by atoms with Crippen molar-refractivity contribution >= 4 is 16.9 Å². The van der Waals surface area contributed by atoms with Gasteiger partial charge in [0.15, 0.2) is 0 Å². The van der Waals surface area contributed by atoms with Crippen molar-refractivity contribution in [3.05, 3.63) is 76.6 Å². The van der Waals surface area contributed by atoms with E-state index in [9.17, 15) is 9.59 Å². The van der Waals surface area contributed by atoms with Crippen molar-refractivity contribution in [2.24, 2.45) is 0 Å². The molecule has 0 saturated heterocycles. The average Bonchev–Trinajstić information content (AvgIpc) is 2.48. The topological polar surface area (TPSA) is 56.5 Å². The number of carbonyl (C=O) groups excluding carboxylic acids is 1. The third-order valence-electron chi connectivity index (χ3n) is 2.81. The number of ether oxygens (including phenoxy) is 1. The number of hydrogen-bond acceptors (Lipinski definition) is 4. The van der Waals surface area contributed by atoms with E-state index in [1.165, 1.54) is 6.07 Å². The monoisotopic (exact) mass is 266 g/mol. The van der Waals surface area contributed by atoms with Gasteiger partial charge in [0, 0.05) is 11.5 Å². The van der Waals surface area contributed by atoms with E-state index < -0.39 is 11.6 Å². The summed E-state index contributed by atoms with van der Waals surface area (Å²) >= 11 is 0. The second kappa shape index (κ2) is 5.01. The summed E-state index contributed by atoms with van der Waals surface area (Å²) in [4.78, 5) is 23.0. The maximum atomic E-state index is 11.9. The van der Waals surface area contributed by atoms with E-state index in [4.69, 9.17) is 9.15 Å². The number of fused-ring (bicyclic) bond motifs is 1. The first-order chi connectivity index (χ1) is 9.72. The van der Waals surface area contributed by atoms with Crippen LogP contribution < -0.4 is 10.4 Å². The van der Waals surface area contributed by atoms with E-state index in [1.54, 1.807) is 48.5 Å². The first-order valence-electron chi connectivity index (χ1n) is 6.03. The number of benzene rings is 2. The molecule has 0 unspecified atom stereocenters. The highest BCUT2D eigenvalue weighted by Gasteiger charge is 2.08. The van der Waals surface area contributed by atoms with E-state index in [0.29, 0.717) is 22.3 Å². The van der Waals surface area contributed by atoms with Crippen LogP contribution in [0.1, 0.15) is 10.4 Å². The smallest absolute Gasteiger partial charge is 0.343 e. The molecule has 4 nitrogen and oxygen atoms in total. The third kappa shape index (κ3) is 2.44. The van der Waals surface area contributed by atoms with Crippen LogP contribution in [-0.2, 0) is 0 Å². The van der Waals surface area contributed by atoms with Gasteiger partial charge >= 0.3 is 11.6 Å². The molecule has 0 amide bonds. The van der Waals surface area contributed by atoms with Crippen molar-refractivity contribution in [3.63, 3.8) is 0 Å². The van der Waals surface area contributed by atoms with Gasteiger partial charge in [-0.1, -0.05) is 18.2 Å². The first kappa shape index (κ1) is 12.2. The minimum Gasteiger partial charge on any atom is -0.423 e. The largest absolute Gasteiger partial charge is 0.423 e. The lowest BCUT2D eigenvalue weighted by Crippen LogP contribution is -2.08. The molecule has 0 aliphatic heterocycles.